The summed E-state index contributed by atoms with van der Waals surface area (Å²) in [5.74, 6) is -1.84. The van der Waals surface area contributed by atoms with E-state index in [4.69, 9.17) is 5.11 Å². The van der Waals surface area contributed by atoms with Gasteiger partial charge in [0.05, 0.1) is 17.6 Å². The number of nitrogens with zero attached hydrogens (tertiary/aromatic N) is 3. The maximum atomic E-state index is 12.2. The van der Waals surface area contributed by atoms with Gasteiger partial charge in [-0.3, -0.25) is 9.78 Å². The van der Waals surface area contributed by atoms with Crippen LogP contribution in [-0.4, -0.2) is 64.2 Å². The molecule has 2 aliphatic rings. The van der Waals surface area contributed by atoms with Crippen molar-refractivity contribution >= 4 is 17.0 Å². The molecule has 0 unspecified atom stereocenters. The standard InChI is InChI=1S/C17H18N4O7/c1-6-3-8-9(4-7(6)2)21(5-10(22)12(23)13(24)16(26)27)14-11(18-8)15(25)20-17(28)19-14/h3-4,10,12-13,22-24H,5H2,1-2H3,(H,26,27)(H,20,25,28)/t10-,12-,13-/m1/s1. The monoisotopic (exact) mass is 390 g/mol. The van der Waals surface area contributed by atoms with E-state index in [2.05, 4.69) is 9.97 Å². The molecule has 2 heterocycles. The highest BCUT2D eigenvalue weighted by Gasteiger charge is 2.31. The number of aliphatic hydroxyl groups excluding tert-OH is 3. The number of aliphatic carboxylic acids is 1. The zero-order valence-electron chi connectivity index (χ0n) is 14.9. The molecule has 3 atom stereocenters. The van der Waals surface area contributed by atoms with Crippen LogP contribution in [0.1, 0.15) is 11.1 Å². The van der Waals surface area contributed by atoms with Gasteiger partial charge in [0.15, 0.2) is 17.6 Å². The summed E-state index contributed by atoms with van der Waals surface area (Å²) in [6, 6.07) is 3.41. The second-order valence-corrected chi connectivity index (χ2v) is 6.53. The van der Waals surface area contributed by atoms with Crippen molar-refractivity contribution in [1.29, 1.82) is 0 Å². The van der Waals surface area contributed by atoms with E-state index in [1.165, 1.54) is 4.57 Å². The van der Waals surface area contributed by atoms with Crippen LogP contribution in [0.4, 0.5) is 0 Å². The number of nitrogens with one attached hydrogen (secondary N) is 1. The molecule has 1 aromatic rings. The van der Waals surface area contributed by atoms with Crippen molar-refractivity contribution in [3.63, 3.8) is 0 Å². The van der Waals surface area contributed by atoms with E-state index in [1.807, 2.05) is 18.8 Å². The minimum absolute atomic E-state index is 0.138. The van der Waals surface area contributed by atoms with Gasteiger partial charge in [-0.2, -0.15) is 4.98 Å². The molecule has 11 heteroatoms. The maximum absolute atomic E-state index is 12.2. The van der Waals surface area contributed by atoms with Crippen molar-refractivity contribution in [1.82, 2.24) is 19.5 Å². The summed E-state index contributed by atoms with van der Waals surface area (Å²) in [6.07, 6.45) is -5.96. The van der Waals surface area contributed by atoms with Crippen molar-refractivity contribution in [2.24, 2.45) is 0 Å². The molecule has 1 aromatic carbocycles. The van der Waals surface area contributed by atoms with Crippen LogP contribution in [0.2, 0.25) is 0 Å². The van der Waals surface area contributed by atoms with Gasteiger partial charge >= 0.3 is 11.7 Å². The number of carbonyl (C=O) groups is 1. The Bertz CT molecular complexity index is 1150. The van der Waals surface area contributed by atoms with E-state index in [0.29, 0.717) is 11.0 Å². The lowest BCUT2D eigenvalue weighted by Crippen LogP contribution is -2.44. The molecule has 28 heavy (non-hydrogen) atoms. The smallest absolute Gasteiger partial charge is 0.349 e. The summed E-state index contributed by atoms with van der Waals surface area (Å²) in [7, 11) is 0. The fraction of sp³-hybridized carbons (Fsp3) is 0.353. The number of carboxylic acid groups (broad SMARTS) is 1. The zero-order chi connectivity index (χ0) is 20.7. The topological polar surface area (TPSA) is 179 Å². The van der Waals surface area contributed by atoms with E-state index in [1.54, 1.807) is 12.1 Å². The first-order valence-corrected chi connectivity index (χ1v) is 8.29. The van der Waals surface area contributed by atoms with Gasteiger partial charge in [0.1, 0.15) is 12.2 Å². The number of H-pyrrole nitrogens is 1. The molecular weight excluding hydrogens is 372 g/mol. The Morgan fingerprint density at radius 3 is 2.43 bits per heavy atom. The van der Waals surface area contributed by atoms with E-state index in [-0.39, 0.29) is 11.5 Å². The lowest BCUT2D eigenvalue weighted by Gasteiger charge is -2.24. The molecule has 0 saturated heterocycles. The molecule has 3 rings (SSSR count). The fourth-order valence-corrected chi connectivity index (χ4v) is 2.89. The third-order valence-electron chi connectivity index (χ3n) is 4.56. The van der Waals surface area contributed by atoms with E-state index < -0.39 is 42.1 Å². The normalized spacial score (nSPS) is 14.9. The van der Waals surface area contributed by atoms with Gasteiger partial charge in [-0.15, -0.1) is 0 Å². The Balaban J connectivity index is 2.25. The van der Waals surface area contributed by atoms with Gasteiger partial charge in [0.25, 0.3) is 5.56 Å². The first-order valence-electron chi connectivity index (χ1n) is 8.29. The molecule has 2 aliphatic heterocycles. The van der Waals surface area contributed by atoms with Crippen molar-refractivity contribution in [2.45, 2.75) is 38.7 Å². The van der Waals surface area contributed by atoms with Crippen molar-refractivity contribution in [2.75, 3.05) is 0 Å². The van der Waals surface area contributed by atoms with Crippen LogP contribution in [0.3, 0.4) is 0 Å². The largest absolute Gasteiger partial charge is 0.479 e. The van der Waals surface area contributed by atoms with Gasteiger partial charge in [-0.05, 0) is 37.1 Å². The average molecular weight is 390 g/mol. The summed E-state index contributed by atoms with van der Waals surface area (Å²) in [6.45, 7) is 3.22. The molecule has 0 radical (unpaired) electrons. The molecular formula is C17H18N4O7. The number of carboxylic acids is 1. The van der Waals surface area contributed by atoms with E-state index in [0.717, 1.165) is 11.1 Å². The van der Waals surface area contributed by atoms with Crippen molar-refractivity contribution in [3.05, 3.63) is 44.1 Å². The Hall–Kier alpha value is -3.15. The first kappa shape index (κ1) is 19.6. The van der Waals surface area contributed by atoms with Gasteiger partial charge in [-0.1, -0.05) is 0 Å². The minimum Gasteiger partial charge on any atom is -0.479 e. The van der Waals surface area contributed by atoms with E-state index in [9.17, 15) is 29.7 Å². The molecule has 5 N–H and O–H groups in total. The minimum atomic E-state index is -2.22. The van der Waals surface area contributed by atoms with Crippen LogP contribution in [0.5, 0.6) is 0 Å². The predicted molar refractivity (Wildman–Crippen MR) is 96.2 cm³/mol. The summed E-state index contributed by atoms with van der Waals surface area (Å²) in [5.41, 5.74) is 0.677. The lowest BCUT2D eigenvalue weighted by molar-refractivity contribution is -0.158. The second kappa shape index (κ2) is 7.11. The van der Waals surface area contributed by atoms with Crippen molar-refractivity contribution < 1.29 is 25.2 Å². The van der Waals surface area contributed by atoms with Crippen LogP contribution < -0.4 is 11.2 Å². The summed E-state index contributed by atoms with van der Waals surface area (Å²) in [4.78, 5) is 44.7. The molecule has 0 aliphatic carbocycles. The van der Waals surface area contributed by atoms with Crippen LogP contribution in [0.25, 0.3) is 22.6 Å². The fourth-order valence-electron chi connectivity index (χ4n) is 2.89. The molecule has 148 valence electrons. The van der Waals surface area contributed by atoms with E-state index >= 15 is 0 Å². The average Bonchev–Trinajstić information content (AvgIpc) is 2.62. The van der Waals surface area contributed by atoms with Crippen molar-refractivity contribution in [3.8, 4) is 11.5 Å². The van der Waals surface area contributed by atoms with Crippen LogP contribution >= 0.6 is 0 Å². The number of rotatable bonds is 5. The lowest BCUT2D eigenvalue weighted by atomic mass is 10.1. The molecule has 0 fully saturated rings. The Labute approximate surface area is 156 Å². The molecule has 0 bridgehead atoms. The predicted octanol–water partition coefficient (Wildman–Crippen LogP) is -1.63. The molecule has 0 saturated carbocycles. The number of fused-ring (bicyclic) bond motifs is 2. The highest BCUT2D eigenvalue weighted by Crippen LogP contribution is 2.24. The number of aromatic amines is 1. The SMILES string of the molecule is Cc1cc2nc3c(=O)[nH]c(=O)nc-3n(C[C@@H](O)[C@@H](O)[C@@H](O)C(=O)O)c2cc1C. The molecule has 0 spiro atoms. The maximum Gasteiger partial charge on any atom is 0.349 e. The molecule has 0 amide bonds. The zero-order valence-corrected chi connectivity index (χ0v) is 14.9. The first-order chi connectivity index (χ1) is 13.1. The van der Waals surface area contributed by atoms with Gasteiger partial charge < -0.3 is 25.0 Å². The number of aromatic nitrogens is 4. The Morgan fingerprint density at radius 2 is 1.79 bits per heavy atom. The van der Waals surface area contributed by atoms with Crippen LogP contribution in [0.15, 0.2) is 21.7 Å². The highest BCUT2D eigenvalue weighted by molar-refractivity contribution is 5.81. The molecule has 11 nitrogen and oxygen atoms in total. The quantitative estimate of drug-likeness (QED) is 0.320. The number of benzene rings is 1. The third-order valence-corrected chi connectivity index (χ3v) is 4.56. The van der Waals surface area contributed by atoms with Crippen LogP contribution in [-0.2, 0) is 11.3 Å². The van der Waals surface area contributed by atoms with Gasteiger partial charge in [0.2, 0.25) is 0 Å². The Morgan fingerprint density at radius 1 is 1.14 bits per heavy atom. The highest BCUT2D eigenvalue weighted by atomic mass is 16.4. The van der Waals surface area contributed by atoms with Crippen LogP contribution in [0, 0.1) is 13.8 Å². The van der Waals surface area contributed by atoms with Gasteiger partial charge in [0, 0.05) is 0 Å². The third kappa shape index (κ3) is 3.38. The number of hydrogen-bond donors (Lipinski definition) is 5. The summed E-state index contributed by atoms with van der Waals surface area (Å²) >= 11 is 0. The van der Waals surface area contributed by atoms with Gasteiger partial charge in [-0.25, -0.2) is 14.6 Å². The second-order valence-electron chi connectivity index (χ2n) is 6.53. The number of aliphatic hydroxyl groups is 3. The number of hydrogen-bond acceptors (Lipinski definition) is 8. The summed E-state index contributed by atoms with van der Waals surface area (Å²) in [5, 5.41) is 38.5. The molecule has 0 aromatic heterocycles. The Kier molecular flexibility index (Phi) is 4.98. The summed E-state index contributed by atoms with van der Waals surface area (Å²) < 4.78 is 1.29. The number of aryl methyl sites for hydroxylation is 2.